The SMILES string of the molecule is NC1=CC(C2NC(c3ccccc3C3=CCCC=C3)NC(c3ccccc3-c3ccccc3)[NH2+]2)=CCC1n1c2c(c3ccccc31)CCc1c-2c2ccccc2n1C1CCC=C2C=CC=CC21. The first-order valence-corrected chi connectivity index (χ1v) is 24.6. The van der Waals surface area contributed by atoms with E-state index in [1.54, 1.807) is 0 Å². The number of nitrogens with zero attached hydrogens (tertiary/aromatic N) is 2. The Morgan fingerprint density at radius 3 is 2.19 bits per heavy atom. The highest BCUT2D eigenvalue weighted by Gasteiger charge is 2.40. The lowest BCUT2D eigenvalue weighted by Gasteiger charge is -2.39. The number of quaternary nitrogens is 1. The molecule has 6 nitrogen and oxygen atoms in total. The normalized spacial score (nSPS) is 24.4. The minimum atomic E-state index is -0.114. The average Bonchev–Trinajstić information content (AvgIpc) is 3.91. The molecule has 3 heterocycles. The summed E-state index contributed by atoms with van der Waals surface area (Å²) in [6.45, 7) is 0. The molecule has 6 unspecified atom stereocenters. The van der Waals surface area contributed by atoms with Crippen LogP contribution in [0.15, 0.2) is 205 Å². The molecule has 0 radical (unpaired) electrons. The van der Waals surface area contributed by atoms with Crippen LogP contribution in [0.5, 0.6) is 0 Å². The van der Waals surface area contributed by atoms with Crippen LogP contribution in [0.25, 0.3) is 49.8 Å². The molecule has 5 aromatic carbocycles. The molecular weight excluding hydrogens is 817 g/mol. The highest BCUT2D eigenvalue weighted by Crippen LogP contribution is 2.51. The van der Waals surface area contributed by atoms with E-state index >= 15 is 0 Å². The summed E-state index contributed by atoms with van der Waals surface area (Å²) in [7, 11) is 0. The largest absolute Gasteiger partial charge is 0.400 e. The van der Waals surface area contributed by atoms with Crippen molar-refractivity contribution in [1.29, 1.82) is 0 Å². The van der Waals surface area contributed by atoms with Crippen LogP contribution in [-0.2, 0) is 12.8 Å². The van der Waals surface area contributed by atoms with Crippen molar-refractivity contribution in [2.75, 3.05) is 0 Å². The number of para-hydroxylation sites is 2. The maximum atomic E-state index is 7.53. The maximum Gasteiger partial charge on any atom is 0.169 e. The zero-order valence-corrected chi connectivity index (χ0v) is 37.9. The van der Waals surface area contributed by atoms with Crippen molar-refractivity contribution < 1.29 is 5.32 Å². The summed E-state index contributed by atoms with van der Waals surface area (Å²) in [5.41, 5.74) is 27.0. The number of aromatic nitrogens is 2. The number of nitrogens with two attached hydrogens (primary N) is 2. The number of benzene rings is 5. The van der Waals surface area contributed by atoms with Crippen LogP contribution >= 0.6 is 0 Å². The van der Waals surface area contributed by atoms with Gasteiger partial charge in [-0.3, -0.25) is 0 Å². The first-order valence-electron chi connectivity index (χ1n) is 24.6. The fourth-order valence-electron chi connectivity index (χ4n) is 12.6. The minimum absolute atomic E-state index is 0.0287. The molecule has 0 saturated carbocycles. The molecule has 0 spiro atoms. The van der Waals surface area contributed by atoms with Gasteiger partial charge in [-0.05, 0) is 102 Å². The summed E-state index contributed by atoms with van der Waals surface area (Å²) in [5, 5.41) is 13.4. The molecule has 0 amide bonds. The lowest BCUT2D eigenvalue weighted by Crippen LogP contribution is -2.99. The smallest absolute Gasteiger partial charge is 0.169 e. The van der Waals surface area contributed by atoms with E-state index in [-0.39, 0.29) is 24.5 Å². The third-order valence-corrected chi connectivity index (χ3v) is 15.6. The molecule has 330 valence electrons. The van der Waals surface area contributed by atoms with Gasteiger partial charge in [0.05, 0.1) is 17.9 Å². The van der Waals surface area contributed by atoms with E-state index < -0.39 is 0 Å². The van der Waals surface area contributed by atoms with E-state index in [0.29, 0.717) is 12.0 Å². The van der Waals surface area contributed by atoms with Gasteiger partial charge >= 0.3 is 0 Å². The standard InChI is InChI=1S/C61H56N6/c62-51-38-42(59-63-60(48-28-11-9-24-43(48)39-18-3-1-4-19-39)65-61(64-59)49-29-12-10-25-44(49)40-20-5-2-6-21-40)34-36-55(51)67-53-31-15-13-27-46(53)47-35-37-56-57(58(47)67)50-30-14-16-32-54(50)66(56)52-33-17-23-41-22-7-8-26-45(41)52/h1,3-5,7-16,18-32,34,38,45,52,55,59-61,63-65H,2,6,17,33,35-37,62H2/p+1. The zero-order chi connectivity index (χ0) is 44.4. The van der Waals surface area contributed by atoms with Gasteiger partial charge in [-0.2, -0.15) is 0 Å². The second-order valence-corrected chi connectivity index (χ2v) is 19.2. The molecule has 67 heavy (non-hydrogen) atoms. The summed E-state index contributed by atoms with van der Waals surface area (Å²) in [5.74, 6) is 0.382. The van der Waals surface area contributed by atoms with E-state index in [2.05, 4.69) is 213 Å². The number of allylic oxidation sites excluding steroid dienone is 12. The predicted octanol–water partition coefficient (Wildman–Crippen LogP) is 12.0. The molecule has 0 bridgehead atoms. The minimum Gasteiger partial charge on any atom is -0.400 e. The highest BCUT2D eigenvalue weighted by molar-refractivity contribution is 6.04. The topological polar surface area (TPSA) is 76.6 Å². The number of fused-ring (bicyclic) bond motifs is 8. The second kappa shape index (κ2) is 16.7. The van der Waals surface area contributed by atoms with Gasteiger partial charge in [0.2, 0.25) is 0 Å². The Morgan fingerprint density at radius 2 is 1.36 bits per heavy atom. The van der Waals surface area contributed by atoms with Crippen LogP contribution in [0.1, 0.15) is 84.5 Å². The molecule has 13 rings (SSSR count). The van der Waals surface area contributed by atoms with Crippen LogP contribution in [0.3, 0.4) is 0 Å². The van der Waals surface area contributed by atoms with E-state index in [1.165, 1.54) is 88.9 Å². The number of hydrogen-bond acceptors (Lipinski definition) is 3. The van der Waals surface area contributed by atoms with Crippen molar-refractivity contribution in [1.82, 2.24) is 19.8 Å². The Hall–Kier alpha value is -6.96. The van der Waals surface area contributed by atoms with Gasteiger partial charge in [0, 0.05) is 61.9 Å². The van der Waals surface area contributed by atoms with Crippen LogP contribution in [-0.4, -0.2) is 15.3 Å². The number of aryl methyl sites for hydroxylation is 1. The lowest BCUT2D eigenvalue weighted by atomic mass is 9.80. The molecule has 2 aromatic heterocycles. The van der Waals surface area contributed by atoms with E-state index in [0.717, 1.165) is 50.6 Å². The third kappa shape index (κ3) is 6.80. The third-order valence-electron chi connectivity index (χ3n) is 15.6. The van der Waals surface area contributed by atoms with Gasteiger partial charge < -0.3 is 20.2 Å². The van der Waals surface area contributed by atoms with Crippen molar-refractivity contribution >= 4 is 27.4 Å². The summed E-state index contributed by atoms with van der Waals surface area (Å²) >= 11 is 0. The second-order valence-electron chi connectivity index (χ2n) is 19.2. The van der Waals surface area contributed by atoms with Crippen LogP contribution in [0.4, 0.5) is 0 Å². The van der Waals surface area contributed by atoms with Crippen molar-refractivity contribution in [3.63, 3.8) is 0 Å². The van der Waals surface area contributed by atoms with Crippen molar-refractivity contribution in [2.24, 2.45) is 11.7 Å². The Labute approximate surface area is 393 Å². The van der Waals surface area contributed by atoms with Gasteiger partial charge in [-0.15, -0.1) is 0 Å². The number of rotatable bonds is 7. The first kappa shape index (κ1) is 40.3. The molecule has 1 fully saturated rings. The summed E-state index contributed by atoms with van der Waals surface area (Å²) in [6, 6.07) is 47.3. The number of hydrogen-bond donors (Lipinski definition) is 4. The van der Waals surface area contributed by atoms with Crippen LogP contribution in [0.2, 0.25) is 0 Å². The Bertz CT molecular complexity index is 3310. The molecule has 1 aliphatic heterocycles. The van der Waals surface area contributed by atoms with Gasteiger partial charge in [-0.1, -0.05) is 170 Å². The molecular formula is C61H57N6+. The van der Waals surface area contributed by atoms with Crippen molar-refractivity contribution in [3.05, 3.63) is 233 Å². The van der Waals surface area contributed by atoms with E-state index in [4.69, 9.17) is 5.73 Å². The van der Waals surface area contributed by atoms with Gasteiger partial charge in [-0.25, -0.2) is 10.6 Å². The molecule has 6 atom stereocenters. The molecule has 1 saturated heterocycles. The Kier molecular flexibility index (Phi) is 10.1. The van der Waals surface area contributed by atoms with Gasteiger partial charge in [0.25, 0.3) is 0 Å². The van der Waals surface area contributed by atoms with Crippen LogP contribution < -0.4 is 21.7 Å². The zero-order valence-electron chi connectivity index (χ0n) is 37.9. The molecule has 5 aliphatic carbocycles. The Morgan fingerprint density at radius 1 is 0.612 bits per heavy atom. The lowest BCUT2D eigenvalue weighted by molar-refractivity contribution is -0.741. The quantitative estimate of drug-likeness (QED) is 0.129. The molecule has 6 N–H and O–H groups in total. The molecule has 7 aromatic rings. The molecule has 6 heteroatoms. The van der Waals surface area contributed by atoms with Gasteiger partial charge in [0.15, 0.2) is 12.3 Å². The average molecular weight is 874 g/mol. The Balaban J connectivity index is 0.904. The summed E-state index contributed by atoms with van der Waals surface area (Å²) in [4.78, 5) is 0. The number of nitrogens with one attached hydrogen (secondary N) is 2. The summed E-state index contributed by atoms with van der Waals surface area (Å²) in [6.07, 6.45) is 30.5. The molecule has 6 aliphatic rings. The van der Waals surface area contributed by atoms with Crippen LogP contribution in [0, 0.1) is 5.92 Å². The van der Waals surface area contributed by atoms with E-state index in [1.807, 2.05) is 0 Å². The fraction of sp³-hybridized carbons (Fsp3) is 0.213. The monoisotopic (exact) mass is 873 g/mol. The predicted molar refractivity (Wildman–Crippen MR) is 275 cm³/mol. The highest BCUT2D eigenvalue weighted by atomic mass is 15.4. The van der Waals surface area contributed by atoms with Crippen molar-refractivity contribution in [3.8, 4) is 22.4 Å². The van der Waals surface area contributed by atoms with Gasteiger partial charge in [0.1, 0.15) is 0 Å². The maximum absolute atomic E-state index is 7.53. The van der Waals surface area contributed by atoms with E-state index in [9.17, 15) is 0 Å². The summed E-state index contributed by atoms with van der Waals surface area (Å²) < 4.78 is 5.40. The first-order chi connectivity index (χ1) is 33.2. The van der Waals surface area contributed by atoms with Crippen molar-refractivity contribution in [2.45, 2.75) is 75.5 Å². The fourth-order valence-corrected chi connectivity index (χ4v) is 12.6.